The molecule has 1 aromatic rings. The number of nitrogens with two attached hydrogens (primary N) is 1. The summed E-state index contributed by atoms with van der Waals surface area (Å²) in [6.07, 6.45) is 1.06. The minimum Gasteiger partial charge on any atom is -0.381 e. The van der Waals surface area contributed by atoms with Gasteiger partial charge in [0, 0.05) is 32.7 Å². The van der Waals surface area contributed by atoms with E-state index in [-0.39, 0.29) is 6.04 Å². The molecule has 1 aliphatic rings. The number of nitrogens with zero attached hydrogens (tertiary/aromatic N) is 4. The number of nitrogens with one attached hydrogen (secondary N) is 2. The van der Waals surface area contributed by atoms with E-state index in [1.807, 2.05) is 14.1 Å². The van der Waals surface area contributed by atoms with Gasteiger partial charge in [-0.3, -0.25) is 5.43 Å². The fourth-order valence-corrected chi connectivity index (χ4v) is 1.96. The van der Waals surface area contributed by atoms with E-state index in [9.17, 15) is 0 Å². The predicted octanol–water partition coefficient (Wildman–Crippen LogP) is 0.0601. The van der Waals surface area contributed by atoms with Gasteiger partial charge in [0.25, 0.3) is 0 Å². The monoisotopic (exact) mass is 267 g/mol. The maximum Gasteiger partial charge on any atom is 0.243 e. The first kappa shape index (κ1) is 13.8. The van der Waals surface area contributed by atoms with Gasteiger partial charge in [-0.05, 0) is 13.3 Å². The summed E-state index contributed by atoms with van der Waals surface area (Å²) in [5, 5.41) is 3.29. The maximum atomic E-state index is 5.39. The summed E-state index contributed by atoms with van der Waals surface area (Å²) in [6.45, 7) is 3.71. The lowest BCUT2D eigenvalue weighted by Gasteiger charge is -2.20. The van der Waals surface area contributed by atoms with Crippen molar-refractivity contribution in [3.8, 4) is 0 Å². The molecular weight excluding hydrogens is 246 g/mol. The van der Waals surface area contributed by atoms with Crippen molar-refractivity contribution in [1.82, 2.24) is 15.0 Å². The van der Waals surface area contributed by atoms with Crippen molar-refractivity contribution >= 4 is 17.8 Å². The van der Waals surface area contributed by atoms with Crippen LogP contribution in [-0.2, 0) is 4.74 Å². The number of hydrazine groups is 1. The van der Waals surface area contributed by atoms with Crippen molar-refractivity contribution < 1.29 is 4.74 Å². The van der Waals surface area contributed by atoms with Crippen molar-refractivity contribution in [3.05, 3.63) is 0 Å². The standard InChI is InChI=1S/C11H21N7O/c1-7(8-4-5-19-6-8)13-9-14-10(17-12)16-11(15-9)18(2)3/h7-8H,4-6,12H2,1-3H3,(H2,13,14,15,16,17). The lowest BCUT2D eigenvalue weighted by Crippen LogP contribution is -2.28. The van der Waals surface area contributed by atoms with Crippen LogP contribution in [0, 0.1) is 5.92 Å². The van der Waals surface area contributed by atoms with Gasteiger partial charge in [-0.2, -0.15) is 15.0 Å². The molecule has 2 unspecified atom stereocenters. The average Bonchev–Trinajstić information content (AvgIpc) is 2.92. The third-order valence-electron chi connectivity index (χ3n) is 3.18. The minimum atomic E-state index is 0.241. The first-order chi connectivity index (χ1) is 9.10. The second-order valence-corrected chi connectivity index (χ2v) is 4.88. The van der Waals surface area contributed by atoms with Crippen LogP contribution in [0.1, 0.15) is 13.3 Å². The Balaban J connectivity index is 2.11. The van der Waals surface area contributed by atoms with E-state index in [0.717, 1.165) is 19.6 Å². The number of ether oxygens (including phenoxy) is 1. The first-order valence-corrected chi connectivity index (χ1v) is 6.34. The van der Waals surface area contributed by atoms with Gasteiger partial charge in [0.2, 0.25) is 17.8 Å². The molecule has 8 nitrogen and oxygen atoms in total. The van der Waals surface area contributed by atoms with Gasteiger partial charge in [0.05, 0.1) is 6.61 Å². The van der Waals surface area contributed by atoms with Gasteiger partial charge in [-0.25, -0.2) is 5.84 Å². The van der Waals surface area contributed by atoms with Crippen molar-refractivity contribution in [2.45, 2.75) is 19.4 Å². The fraction of sp³-hybridized carbons (Fsp3) is 0.727. The number of hydrogen-bond donors (Lipinski definition) is 3. The Labute approximate surface area is 112 Å². The van der Waals surface area contributed by atoms with E-state index < -0.39 is 0 Å². The lowest BCUT2D eigenvalue weighted by atomic mass is 10.0. The number of aromatic nitrogens is 3. The van der Waals surface area contributed by atoms with E-state index in [4.69, 9.17) is 10.6 Å². The van der Waals surface area contributed by atoms with E-state index in [0.29, 0.717) is 23.8 Å². The number of anilines is 3. The zero-order valence-corrected chi connectivity index (χ0v) is 11.6. The normalized spacial score (nSPS) is 20.1. The molecule has 2 atom stereocenters. The number of nitrogen functional groups attached to an aromatic ring is 1. The molecule has 19 heavy (non-hydrogen) atoms. The summed E-state index contributed by atoms with van der Waals surface area (Å²) in [5.41, 5.74) is 2.45. The molecule has 4 N–H and O–H groups in total. The van der Waals surface area contributed by atoms with Gasteiger partial charge in [-0.1, -0.05) is 0 Å². The van der Waals surface area contributed by atoms with Gasteiger partial charge in [0.15, 0.2) is 0 Å². The Morgan fingerprint density at radius 2 is 2.05 bits per heavy atom. The van der Waals surface area contributed by atoms with Crippen LogP contribution in [-0.4, -0.2) is 48.3 Å². The second-order valence-electron chi connectivity index (χ2n) is 4.88. The number of hydrogen-bond acceptors (Lipinski definition) is 8. The van der Waals surface area contributed by atoms with Gasteiger partial charge in [-0.15, -0.1) is 0 Å². The largest absolute Gasteiger partial charge is 0.381 e. The molecule has 0 radical (unpaired) electrons. The molecule has 2 heterocycles. The Kier molecular flexibility index (Phi) is 4.33. The summed E-state index contributed by atoms with van der Waals surface area (Å²) in [5.74, 6) is 7.27. The van der Waals surface area contributed by atoms with Crippen molar-refractivity contribution in [3.63, 3.8) is 0 Å². The molecule has 8 heteroatoms. The van der Waals surface area contributed by atoms with Crippen LogP contribution in [0.4, 0.5) is 17.8 Å². The van der Waals surface area contributed by atoms with Crippen LogP contribution in [0.3, 0.4) is 0 Å². The molecule has 1 aliphatic heterocycles. The molecule has 0 spiro atoms. The van der Waals surface area contributed by atoms with Crippen LogP contribution in [0.5, 0.6) is 0 Å². The van der Waals surface area contributed by atoms with Gasteiger partial charge < -0.3 is 15.0 Å². The van der Waals surface area contributed by atoms with Crippen LogP contribution in [0.25, 0.3) is 0 Å². The van der Waals surface area contributed by atoms with Crippen molar-refractivity contribution in [1.29, 1.82) is 0 Å². The maximum absolute atomic E-state index is 5.39. The van der Waals surface area contributed by atoms with Crippen LogP contribution in [0.2, 0.25) is 0 Å². The molecule has 0 bridgehead atoms. The summed E-state index contributed by atoms with van der Waals surface area (Å²) < 4.78 is 5.39. The molecule has 2 rings (SSSR count). The third kappa shape index (κ3) is 3.42. The Hall–Kier alpha value is -1.67. The van der Waals surface area contributed by atoms with Crippen molar-refractivity contribution in [2.24, 2.45) is 11.8 Å². The Morgan fingerprint density at radius 3 is 2.63 bits per heavy atom. The van der Waals surface area contributed by atoms with Crippen LogP contribution >= 0.6 is 0 Å². The molecule has 1 fully saturated rings. The van der Waals surface area contributed by atoms with Gasteiger partial charge in [0.1, 0.15) is 0 Å². The molecule has 1 saturated heterocycles. The summed E-state index contributed by atoms with van der Waals surface area (Å²) in [4.78, 5) is 14.5. The van der Waals surface area contributed by atoms with E-state index in [1.165, 1.54) is 0 Å². The highest BCUT2D eigenvalue weighted by Crippen LogP contribution is 2.20. The van der Waals surface area contributed by atoms with Crippen LogP contribution < -0.4 is 21.5 Å². The van der Waals surface area contributed by atoms with Gasteiger partial charge >= 0.3 is 0 Å². The SMILES string of the molecule is CC(Nc1nc(NN)nc(N(C)C)n1)C1CCOC1. The number of rotatable bonds is 5. The molecule has 0 aliphatic carbocycles. The Bertz CT molecular complexity index is 420. The molecule has 1 aromatic heterocycles. The predicted molar refractivity (Wildman–Crippen MR) is 74.0 cm³/mol. The third-order valence-corrected chi connectivity index (χ3v) is 3.18. The summed E-state index contributed by atoms with van der Waals surface area (Å²) in [6, 6.07) is 0.241. The molecule has 0 aromatic carbocycles. The fourth-order valence-electron chi connectivity index (χ4n) is 1.96. The highest BCUT2D eigenvalue weighted by Gasteiger charge is 2.23. The summed E-state index contributed by atoms with van der Waals surface area (Å²) >= 11 is 0. The zero-order chi connectivity index (χ0) is 13.8. The Morgan fingerprint density at radius 1 is 1.32 bits per heavy atom. The second kappa shape index (κ2) is 5.98. The highest BCUT2D eigenvalue weighted by atomic mass is 16.5. The minimum absolute atomic E-state index is 0.241. The lowest BCUT2D eigenvalue weighted by molar-refractivity contribution is 0.183. The van der Waals surface area contributed by atoms with Crippen molar-refractivity contribution in [2.75, 3.05) is 43.0 Å². The molecule has 106 valence electrons. The quantitative estimate of drug-likeness (QED) is 0.508. The summed E-state index contributed by atoms with van der Waals surface area (Å²) in [7, 11) is 3.74. The zero-order valence-electron chi connectivity index (χ0n) is 11.6. The molecular formula is C11H21N7O. The highest BCUT2D eigenvalue weighted by molar-refractivity contribution is 5.42. The van der Waals surface area contributed by atoms with E-state index in [2.05, 4.69) is 32.6 Å². The van der Waals surface area contributed by atoms with Crippen LogP contribution in [0.15, 0.2) is 0 Å². The average molecular weight is 267 g/mol. The first-order valence-electron chi connectivity index (χ1n) is 6.34. The molecule has 0 amide bonds. The van der Waals surface area contributed by atoms with E-state index >= 15 is 0 Å². The van der Waals surface area contributed by atoms with E-state index in [1.54, 1.807) is 4.90 Å². The molecule has 0 saturated carbocycles. The topological polar surface area (TPSA) is 101 Å². The smallest absolute Gasteiger partial charge is 0.243 e.